The Kier molecular flexibility index (Phi) is 8.93. The fourth-order valence-corrected chi connectivity index (χ4v) is 3.07. The van der Waals surface area contributed by atoms with Gasteiger partial charge in [0.2, 0.25) is 0 Å². The number of thioether (sulfide) groups is 1. The van der Waals surface area contributed by atoms with E-state index in [0.717, 1.165) is 28.0 Å². The van der Waals surface area contributed by atoms with Crippen LogP contribution in [0.25, 0.3) is 0 Å². The van der Waals surface area contributed by atoms with Crippen molar-refractivity contribution in [3.05, 3.63) is 64.5 Å². The average Bonchev–Trinajstić information content (AvgIpc) is 2.59. The van der Waals surface area contributed by atoms with E-state index in [4.69, 9.17) is 0 Å². The van der Waals surface area contributed by atoms with Gasteiger partial charge >= 0.3 is 0 Å². The van der Waals surface area contributed by atoms with Crippen LogP contribution in [-0.2, 0) is 6.42 Å². The van der Waals surface area contributed by atoms with Crippen molar-refractivity contribution in [2.45, 2.75) is 32.1 Å². The summed E-state index contributed by atoms with van der Waals surface area (Å²) in [6.07, 6.45) is 2.27. The van der Waals surface area contributed by atoms with Crippen molar-refractivity contribution < 1.29 is 9.60 Å². The van der Waals surface area contributed by atoms with Crippen LogP contribution in [0.2, 0.25) is 0 Å². The van der Waals surface area contributed by atoms with Crippen LogP contribution >= 0.6 is 24.4 Å². The average molecular weight is 366 g/mol. The molecule has 2 aromatic carbocycles. The Labute approximate surface area is 153 Å². The molecule has 2 aromatic rings. The van der Waals surface area contributed by atoms with Gasteiger partial charge in [0.05, 0.1) is 5.71 Å². The van der Waals surface area contributed by atoms with Gasteiger partial charge in [0.25, 0.3) is 0 Å². The topological polar surface area (TPSA) is 32.6 Å². The van der Waals surface area contributed by atoms with E-state index in [0.29, 0.717) is 17.0 Å². The van der Waals surface area contributed by atoms with E-state index in [-0.39, 0.29) is 5.82 Å². The van der Waals surface area contributed by atoms with Gasteiger partial charge in [-0.2, -0.15) is 12.6 Å². The molecule has 1 N–H and O–H groups in total. The first kappa shape index (κ1) is 20.6. The van der Waals surface area contributed by atoms with Gasteiger partial charge in [0.15, 0.2) is 0 Å². The SMILES string of the molecule is CCS.CSc1c(F)cc(CC(=NO)c2ccccc2)c(C)c1C. The summed E-state index contributed by atoms with van der Waals surface area (Å²) in [5.74, 6) is 0.728. The maximum absolute atomic E-state index is 14.1. The van der Waals surface area contributed by atoms with E-state index in [1.807, 2.05) is 57.4 Å². The van der Waals surface area contributed by atoms with Gasteiger partial charge in [-0.1, -0.05) is 42.4 Å². The lowest BCUT2D eigenvalue weighted by atomic mass is 9.96. The lowest BCUT2D eigenvalue weighted by Crippen LogP contribution is -2.08. The largest absolute Gasteiger partial charge is 0.411 e. The molecule has 0 heterocycles. The quantitative estimate of drug-likeness (QED) is 0.246. The fraction of sp³-hybridized carbons (Fsp3) is 0.316. The zero-order valence-electron chi connectivity index (χ0n) is 14.5. The van der Waals surface area contributed by atoms with Gasteiger partial charge in [-0.25, -0.2) is 4.39 Å². The van der Waals surface area contributed by atoms with Crippen molar-refractivity contribution in [3.8, 4) is 0 Å². The number of oxime groups is 1. The molecule has 24 heavy (non-hydrogen) atoms. The van der Waals surface area contributed by atoms with Crippen LogP contribution in [-0.4, -0.2) is 22.9 Å². The Morgan fingerprint density at radius 1 is 1.21 bits per heavy atom. The first-order chi connectivity index (χ1) is 11.5. The summed E-state index contributed by atoms with van der Waals surface area (Å²) in [6.45, 7) is 5.89. The van der Waals surface area contributed by atoms with Gasteiger partial charge in [-0.15, -0.1) is 11.8 Å². The molecule has 0 saturated heterocycles. The van der Waals surface area contributed by atoms with Crippen molar-refractivity contribution in [1.29, 1.82) is 0 Å². The normalized spacial score (nSPS) is 11.0. The highest BCUT2D eigenvalue weighted by molar-refractivity contribution is 7.98. The minimum Gasteiger partial charge on any atom is -0.411 e. The molecule has 0 aromatic heterocycles. The van der Waals surface area contributed by atoms with E-state index in [1.54, 1.807) is 6.07 Å². The van der Waals surface area contributed by atoms with Crippen molar-refractivity contribution in [1.82, 2.24) is 0 Å². The Balaban J connectivity index is 0.000000891. The number of thiol groups is 1. The lowest BCUT2D eigenvalue weighted by Gasteiger charge is -2.14. The van der Waals surface area contributed by atoms with Crippen LogP contribution in [0.1, 0.15) is 29.2 Å². The Bertz CT molecular complexity index is 688. The molecule has 0 saturated carbocycles. The molecule has 2 nitrogen and oxygen atoms in total. The summed E-state index contributed by atoms with van der Waals surface area (Å²) in [5.41, 5.74) is 4.21. The minimum absolute atomic E-state index is 0.217. The first-order valence-corrected chi connectivity index (χ1v) is 9.55. The van der Waals surface area contributed by atoms with E-state index < -0.39 is 0 Å². The lowest BCUT2D eigenvalue weighted by molar-refractivity contribution is 0.318. The van der Waals surface area contributed by atoms with E-state index >= 15 is 0 Å². The van der Waals surface area contributed by atoms with Crippen molar-refractivity contribution in [2.75, 3.05) is 12.0 Å². The predicted octanol–water partition coefficient (Wildman–Crippen LogP) is 5.52. The highest BCUT2D eigenvalue weighted by atomic mass is 32.2. The van der Waals surface area contributed by atoms with Crippen molar-refractivity contribution >= 4 is 30.1 Å². The molecule has 0 unspecified atom stereocenters. The van der Waals surface area contributed by atoms with Crippen LogP contribution in [0, 0.1) is 19.7 Å². The molecule has 130 valence electrons. The maximum Gasteiger partial charge on any atom is 0.137 e. The second-order valence-corrected chi connectivity index (χ2v) is 6.66. The second kappa shape index (κ2) is 10.4. The van der Waals surface area contributed by atoms with Crippen LogP contribution in [0.4, 0.5) is 4.39 Å². The molecular formula is C19H24FNOS2. The number of benzene rings is 2. The molecule has 0 amide bonds. The van der Waals surface area contributed by atoms with E-state index in [1.165, 1.54) is 11.8 Å². The van der Waals surface area contributed by atoms with Crippen molar-refractivity contribution in [3.63, 3.8) is 0 Å². The third kappa shape index (κ3) is 5.28. The van der Waals surface area contributed by atoms with E-state index in [9.17, 15) is 9.60 Å². The first-order valence-electron chi connectivity index (χ1n) is 7.69. The smallest absolute Gasteiger partial charge is 0.137 e. The number of rotatable bonds is 4. The monoisotopic (exact) mass is 365 g/mol. The molecule has 0 bridgehead atoms. The molecule has 2 rings (SSSR count). The maximum atomic E-state index is 14.1. The Morgan fingerprint density at radius 2 is 1.79 bits per heavy atom. The molecular weight excluding hydrogens is 341 g/mol. The highest BCUT2D eigenvalue weighted by Crippen LogP contribution is 2.29. The van der Waals surface area contributed by atoms with Crippen LogP contribution in [0.15, 0.2) is 46.4 Å². The summed E-state index contributed by atoms with van der Waals surface area (Å²) < 4.78 is 14.1. The predicted molar refractivity (Wildman–Crippen MR) is 106 cm³/mol. The molecule has 0 radical (unpaired) electrons. The molecule has 0 atom stereocenters. The number of halogens is 1. The summed E-state index contributed by atoms with van der Waals surface area (Å²) in [5, 5.41) is 12.6. The Morgan fingerprint density at radius 3 is 2.29 bits per heavy atom. The van der Waals surface area contributed by atoms with Gasteiger partial charge < -0.3 is 5.21 Å². The van der Waals surface area contributed by atoms with Gasteiger partial charge in [0, 0.05) is 11.3 Å². The molecule has 0 aliphatic carbocycles. The third-order valence-electron chi connectivity index (χ3n) is 3.69. The van der Waals surface area contributed by atoms with E-state index in [2.05, 4.69) is 17.8 Å². The van der Waals surface area contributed by atoms with Crippen LogP contribution < -0.4 is 0 Å². The Hall–Kier alpha value is -1.46. The number of hydrogen-bond acceptors (Lipinski definition) is 4. The number of nitrogens with zero attached hydrogens (tertiary/aromatic N) is 1. The molecule has 5 heteroatoms. The summed E-state index contributed by atoms with van der Waals surface area (Å²) in [4.78, 5) is 0.679. The fourth-order valence-electron chi connectivity index (χ4n) is 2.36. The second-order valence-electron chi connectivity index (χ2n) is 5.21. The van der Waals surface area contributed by atoms with Gasteiger partial charge in [0.1, 0.15) is 5.82 Å². The summed E-state index contributed by atoms with van der Waals surface area (Å²) in [6, 6.07) is 11.0. The third-order valence-corrected chi connectivity index (χ3v) is 4.60. The van der Waals surface area contributed by atoms with Gasteiger partial charge in [-0.05, 0) is 54.2 Å². The zero-order valence-corrected chi connectivity index (χ0v) is 16.2. The van der Waals surface area contributed by atoms with Crippen LogP contribution in [0.3, 0.4) is 0 Å². The zero-order chi connectivity index (χ0) is 18.1. The number of hydrogen-bond donors (Lipinski definition) is 2. The summed E-state index contributed by atoms with van der Waals surface area (Å²) in [7, 11) is 0. The molecule has 0 fully saturated rings. The molecule has 0 spiro atoms. The summed E-state index contributed by atoms with van der Waals surface area (Å²) >= 11 is 5.20. The highest BCUT2D eigenvalue weighted by Gasteiger charge is 2.14. The van der Waals surface area contributed by atoms with Crippen LogP contribution in [0.5, 0.6) is 0 Å². The van der Waals surface area contributed by atoms with Crippen molar-refractivity contribution in [2.24, 2.45) is 5.16 Å². The molecule has 0 aliphatic rings. The minimum atomic E-state index is -0.217. The standard InChI is InChI=1S/C17H18FNOS.C2H6S/c1-11-12(2)17(21-3)15(18)9-14(11)10-16(19-20)13-7-5-4-6-8-13;1-2-3/h4-9,20H,10H2,1-3H3;3H,2H2,1H3. The molecule has 0 aliphatic heterocycles. The van der Waals surface area contributed by atoms with Gasteiger partial charge in [-0.3, -0.25) is 0 Å².